The van der Waals surface area contributed by atoms with Gasteiger partial charge in [0.15, 0.2) is 0 Å². The zero-order chi connectivity index (χ0) is 12.3. The lowest BCUT2D eigenvalue weighted by molar-refractivity contribution is -0.0887. The summed E-state index contributed by atoms with van der Waals surface area (Å²) in [5, 5.41) is 0. The third-order valence-corrected chi connectivity index (χ3v) is 1.61. The minimum atomic E-state index is -4.99. The van der Waals surface area contributed by atoms with Crippen molar-refractivity contribution in [2.24, 2.45) is 0 Å². The number of halogens is 3. The standard InChI is InChI=1S/C8H7F3N2O3/c1-15-6-4(5(14)8(9,10)11)3-12-7(13-6)16-2/h3H,1-2H3. The lowest BCUT2D eigenvalue weighted by atomic mass is 10.2. The number of ketones is 1. The number of methoxy groups -OCH3 is 2. The predicted molar refractivity (Wildman–Crippen MR) is 45.5 cm³/mol. The van der Waals surface area contributed by atoms with Crippen LogP contribution in [0.1, 0.15) is 10.4 Å². The zero-order valence-electron chi connectivity index (χ0n) is 8.33. The Hall–Kier alpha value is -1.86. The molecule has 5 nitrogen and oxygen atoms in total. The normalized spacial score (nSPS) is 11.1. The Bertz CT molecular complexity index is 406. The van der Waals surface area contributed by atoms with Crippen molar-refractivity contribution in [1.82, 2.24) is 9.97 Å². The second-order valence-electron chi connectivity index (χ2n) is 2.61. The molecule has 0 aliphatic rings. The van der Waals surface area contributed by atoms with Crippen molar-refractivity contribution >= 4 is 5.78 Å². The molecule has 0 aromatic carbocycles. The molecule has 1 aromatic rings. The quantitative estimate of drug-likeness (QED) is 0.739. The first kappa shape index (κ1) is 12.2. The molecule has 0 saturated heterocycles. The largest absolute Gasteiger partial charge is 0.480 e. The van der Waals surface area contributed by atoms with Crippen molar-refractivity contribution in [2.75, 3.05) is 14.2 Å². The number of aromatic nitrogens is 2. The summed E-state index contributed by atoms with van der Waals surface area (Å²) in [6.45, 7) is 0. The minimum Gasteiger partial charge on any atom is -0.480 e. The third-order valence-electron chi connectivity index (χ3n) is 1.61. The van der Waals surface area contributed by atoms with Crippen LogP contribution in [0.15, 0.2) is 6.20 Å². The molecule has 0 bridgehead atoms. The topological polar surface area (TPSA) is 61.3 Å². The molecule has 0 radical (unpaired) electrons. The summed E-state index contributed by atoms with van der Waals surface area (Å²) >= 11 is 0. The maximum atomic E-state index is 12.1. The van der Waals surface area contributed by atoms with Crippen LogP contribution in [0.2, 0.25) is 0 Å². The van der Waals surface area contributed by atoms with Gasteiger partial charge in [0.25, 0.3) is 5.78 Å². The molecule has 0 aliphatic heterocycles. The first-order chi connectivity index (χ1) is 7.40. The van der Waals surface area contributed by atoms with E-state index in [-0.39, 0.29) is 6.01 Å². The van der Waals surface area contributed by atoms with E-state index in [1.165, 1.54) is 7.11 Å². The second-order valence-corrected chi connectivity index (χ2v) is 2.61. The SMILES string of the molecule is COc1ncc(C(=O)C(F)(F)F)c(OC)n1. The van der Waals surface area contributed by atoms with Crippen LogP contribution in [-0.2, 0) is 0 Å². The van der Waals surface area contributed by atoms with Gasteiger partial charge in [-0.2, -0.15) is 18.2 Å². The van der Waals surface area contributed by atoms with Gasteiger partial charge in [-0.15, -0.1) is 0 Å². The van der Waals surface area contributed by atoms with Crippen LogP contribution in [0.5, 0.6) is 11.9 Å². The van der Waals surface area contributed by atoms with E-state index in [0.717, 1.165) is 7.11 Å². The molecule has 1 rings (SSSR count). The summed E-state index contributed by atoms with van der Waals surface area (Å²) in [6.07, 6.45) is -4.29. The van der Waals surface area contributed by atoms with Gasteiger partial charge in [0.05, 0.1) is 14.2 Å². The Morgan fingerprint density at radius 3 is 2.38 bits per heavy atom. The molecule has 0 spiro atoms. The number of carbonyl (C=O) groups excluding carboxylic acids is 1. The number of ether oxygens (including phenoxy) is 2. The average Bonchev–Trinajstić information content (AvgIpc) is 2.26. The fourth-order valence-corrected chi connectivity index (χ4v) is 0.913. The molecule has 0 atom stereocenters. The molecule has 88 valence electrons. The van der Waals surface area contributed by atoms with E-state index in [4.69, 9.17) is 0 Å². The van der Waals surface area contributed by atoms with E-state index in [1.54, 1.807) is 0 Å². The zero-order valence-corrected chi connectivity index (χ0v) is 8.33. The fraction of sp³-hybridized carbons (Fsp3) is 0.375. The first-order valence-corrected chi connectivity index (χ1v) is 3.96. The lowest BCUT2D eigenvalue weighted by Crippen LogP contribution is -2.24. The van der Waals surface area contributed by atoms with Crippen LogP contribution >= 0.6 is 0 Å². The van der Waals surface area contributed by atoms with Gasteiger partial charge in [0.2, 0.25) is 5.88 Å². The predicted octanol–water partition coefficient (Wildman–Crippen LogP) is 1.24. The maximum Gasteiger partial charge on any atom is 0.455 e. The molecule has 0 aliphatic carbocycles. The Kier molecular flexibility index (Phi) is 3.31. The highest BCUT2D eigenvalue weighted by atomic mass is 19.4. The monoisotopic (exact) mass is 236 g/mol. The molecule has 0 N–H and O–H groups in total. The van der Waals surface area contributed by atoms with Gasteiger partial charge in [0, 0.05) is 6.20 Å². The van der Waals surface area contributed by atoms with Crippen molar-refractivity contribution in [3.05, 3.63) is 11.8 Å². The Morgan fingerprint density at radius 2 is 1.94 bits per heavy atom. The van der Waals surface area contributed by atoms with Crippen LogP contribution in [0.4, 0.5) is 13.2 Å². The lowest BCUT2D eigenvalue weighted by Gasteiger charge is -2.08. The van der Waals surface area contributed by atoms with E-state index in [2.05, 4.69) is 19.4 Å². The van der Waals surface area contributed by atoms with E-state index in [0.29, 0.717) is 6.20 Å². The van der Waals surface area contributed by atoms with E-state index in [1.807, 2.05) is 0 Å². The fourth-order valence-electron chi connectivity index (χ4n) is 0.913. The summed E-state index contributed by atoms with van der Waals surface area (Å²) in [5.41, 5.74) is -0.754. The molecule has 0 saturated carbocycles. The summed E-state index contributed by atoms with van der Waals surface area (Å²) < 4.78 is 45.6. The molecule has 1 heterocycles. The van der Waals surface area contributed by atoms with E-state index >= 15 is 0 Å². The van der Waals surface area contributed by atoms with Gasteiger partial charge in [-0.3, -0.25) is 4.79 Å². The summed E-state index contributed by atoms with van der Waals surface area (Å²) in [5.74, 6) is -2.54. The average molecular weight is 236 g/mol. The van der Waals surface area contributed by atoms with Gasteiger partial charge in [-0.1, -0.05) is 0 Å². The third kappa shape index (κ3) is 2.38. The number of hydrogen-bond acceptors (Lipinski definition) is 5. The summed E-state index contributed by atoms with van der Waals surface area (Å²) in [7, 11) is 2.33. The van der Waals surface area contributed by atoms with Gasteiger partial charge >= 0.3 is 12.2 Å². The number of nitrogens with zero attached hydrogens (tertiary/aromatic N) is 2. The molecule has 0 fully saturated rings. The highest BCUT2D eigenvalue weighted by Gasteiger charge is 2.41. The molecule has 8 heteroatoms. The molecule has 0 unspecified atom stereocenters. The number of rotatable bonds is 3. The maximum absolute atomic E-state index is 12.1. The van der Waals surface area contributed by atoms with Crippen molar-refractivity contribution < 1.29 is 27.4 Å². The van der Waals surface area contributed by atoms with Crippen molar-refractivity contribution in [2.45, 2.75) is 6.18 Å². The molecular formula is C8H7F3N2O3. The Labute approximate surface area is 88.2 Å². The van der Waals surface area contributed by atoms with Crippen LogP contribution in [0.25, 0.3) is 0 Å². The van der Waals surface area contributed by atoms with Crippen molar-refractivity contribution in [3.63, 3.8) is 0 Å². The highest BCUT2D eigenvalue weighted by Crippen LogP contribution is 2.26. The van der Waals surface area contributed by atoms with Gasteiger partial charge in [0.1, 0.15) is 5.56 Å². The molecule has 16 heavy (non-hydrogen) atoms. The van der Waals surface area contributed by atoms with Crippen LogP contribution < -0.4 is 9.47 Å². The van der Waals surface area contributed by atoms with Crippen molar-refractivity contribution in [3.8, 4) is 11.9 Å². The van der Waals surface area contributed by atoms with Crippen LogP contribution in [0, 0.1) is 0 Å². The van der Waals surface area contributed by atoms with E-state index in [9.17, 15) is 18.0 Å². The summed E-state index contributed by atoms with van der Waals surface area (Å²) in [6, 6.07) is -0.185. The van der Waals surface area contributed by atoms with Crippen LogP contribution in [0.3, 0.4) is 0 Å². The Balaban J connectivity index is 3.19. The smallest absolute Gasteiger partial charge is 0.455 e. The molecule has 0 amide bonds. The number of hydrogen-bond donors (Lipinski definition) is 0. The minimum absolute atomic E-state index is 0.185. The molecule has 1 aromatic heterocycles. The summed E-state index contributed by atoms with van der Waals surface area (Å²) in [4.78, 5) is 17.8. The first-order valence-electron chi connectivity index (χ1n) is 3.96. The Morgan fingerprint density at radius 1 is 1.31 bits per heavy atom. The number of carbonyl (C=O) groups is 1. The second kappa shape index (κ2) is 4.33. The van der Waals surface area contributed by atoms with Crippen LogP contribution in [-0.4, -0.2) is 36.1 Å². The number of Topliss-reactive ketones (excluding diaryl/α,β-unsaturated/α-hetero) is 1. The number of alkyl halides is 3. The van der Waals surface area contributed by atoms with Gasteiger partial charge < -0.3 is 9.47 Å². The van der Waals surface area contributed by atoms with E-state index < -0.39 is 23.4 Å². The highest BCUT2D eigenvalue weighted by molar-refractivity contribution is 6.01. The van der Waals surface area contributed by atoms with Gasteiger partial charge in [-0.05, 0) is 0 Å². The molecular weight excluding hydrogens is 229 g/mol. The van der Waals surface area contributed by atoms with Crippen molar-refractivity contribution in [1.29, 1.82) is 0 Å². The van der Waals surface area contributed by atoms with Gasteiger partial charge in [-0.25, -0.2) is 4.98 Å².